The summed E-state index contributed by atoms with van der Waals surface area (Å²) < 4.78 is 8.55. The predicted octanol–water partition coefficient (Wildman–Crippen LogP) is -2.45. The van der Waals surface area contributed by atoms with Gasteiger partial charge in [-0.15, -0.1) is 0 Å². The second-order valence-electron chi connectivity index (χ2n) is 0.447. The summed E-state index contributed by atoms with van der Waals surface area (Å²) in [5, 5.41) is 0. The van der Waals surface area contributed by atoms with Crippen LogP contribution in [0.5, 0.6) is 0 Å². The molecule has 7 heteroatoms. The van der Waals surface area contributed by atoms with Gasteiger partial charge in [-0.3, -0.25) is 0 Å². The molecule has 0 aliphatic rings. The van der Waals surface area contributed by atoms with Gasteiger partial charge in [0.05, 0.1) is 0 Å². The van der Waals surface area contributed by atoms with Gasteiger partial charge >= 0.3 is 18.6 Å². The number of hydrogen-bond donors (Lipinski definition) is 1. The maximum Gasteiger partial charge on any atom is 2.00 e. The first-order chi connectivity index (χ1) is 2.00. The molecule has 0 aromatic rings. The van der Waals surface area contributed by atoms with Crippen LogP contribution in [0.2, 0.25) is 0 Å². The molecule has 7 heavy (non-hydrogen) atoms. The Balaban J connectivity index is -0.0000000800. The van der Waals surface area contributed by atoms with E-state index in [1.807, 2.05) is 0 Å². The third-order valence-corrected chi connectivity index (χ3v) is 0. The predicted molar refractivity (Wildman–Crippen MR) is 13.6 cm³/mol. The fourth-order valence-corrected chi connectivity index (χ4v) is 0. The van der Waals surface area contributed by atoms with Crippen LogP contribution in [0.4, 0.5) is 0 Å². The van der Waals surface area contributed by atoms with Crippen molar-refractivity contribution >= 4 is 7.82 Å². The summed E-state index contributed by atoms with van der Waals surface area (Å²) in [7, 11) is -5.39. The summed E-state index contributed by atoms with van der Waals surface area (Å²) in [6.07, 6.45) is 0. The van der Waals surface area contributed by atoms with Crippen LogP contribution in [0.25, 0.3) is 0 Å². The molecule has 0 saturated heterocycles. The van der Waals surface area contributed by atoms with Crippen LogP contribution in [0.15, 0.2) is 0 Å². The van der Waals surface area contributed by atoms with E-state index in [-0.39, 0.29) is 24.7 Å². The molecule has 4 N–H and O–H groups in total. The van der Waals surface area contributed by atoms with Crippen molar-refractivity contribution in [2.45, 2.75) is 0 Å². The minimum atomic E-state index is -5.39. The van der Waals surface area contributed by atoms with Gasteiger partial charge in [-0.1, -0.05) is 0 Å². The minimum absolute atomic E-state index is 0. The Morgan fingerprint density at radius 3 is 1.14 bits per heavy atom. The first-order valence-electron chi connectivity index (χ1n) is 0.730. The van der Waals surface area contributed by atoms with E-state index in [0.29, 0.717) is 0 Å². The van der Waals surface area contributed by atoms with Crippen LogP contribution in [-0.2, 0) is 23.1 Å². The van der Waals surface area contributed by atoms with Gasteiger partial charge < -0.3 is 25.4 Å². The molecule has 0 bridgehead atoms. The molecule has 0 saturated carbocycles. The molecule has 0 atom stereocenters. The SMILES string of the molecule is O=P([O-])([O-])[O-].[NH4+].[V+2]. The molecule has 0 unspecified atom stereocenters. The molecule has 0 aromatic heterocycles. The van der Waals surface area contributed by atoms with Crippen molar-refractivity contribution in [2.75, 3.05) is 0 Å². The summed E-state index contributed by atoms with van der Waals surface area (Å²) in [6, 6.07) is 0. The molecule has 0 fully saturated rings. The number of phosphoric acid groups is 1. The fraction of sp³-hybridized carbons (Fsp3) is 0. The van der Waals surface area contributed by atoms with E-state index in [2.05, 4.69) is 0 Å². The van der Waals surface area contributed by atoms with Crippen molar-refractivity contribution in [3.63, 3.8) is 0 Å². The van der Waals surface area contributed by atoms with Crippen LogP contribution in [0, 0.1) is 0 Å². The summed E-state index contributed by atoms with van der Waals surface area (Å²) in [5.74, 6) is 0. The van der Waals surface area contributed by atoms with Crippen molar-refractivity contribution in [3.05, 3.63) is 0 Å². The zero-order valence-electron chi connectivity index (χ0n) is 3.53. The van der Waals surface area contributed by atoms with E-state index >= 15 is 0 Å². The van der Waals surface area contributed by atoms with Crippen LogP contribution >= 0.6 is 7.82 Å². The fourth-order valence-electron chi connectivity index (χ4n) is 0. The van der Waals surface area contributed by atoms with Gasteiger partial charge in [-0.05, 0) is 0 Å². The molecule has 0 aliphatic heterocycles. The third kappa shape index (κ3) is 337. The number of quaternary nitrogens is 1. The molecule has 0 rings (SSSR count). The monoisotopic (exact) mass is 164 g/mol. The van der Waals surface area contributed by atoms with Crippen molar-refractivity contribution < 1.29 is 37.8 Å². The Morgan fingerprint density at radius 2 is 1.14 bits per heavy atom. The molecular weight excluding hydrogens is 160 g/mol. The zero-order chi connectivity index (χ0) is 4.50. The Bertz CT molecular complexity index is 57.8. The molecule has 0 aromatic carbocycles. The quantitative estimate of drug-likeness (QED) is 0.399. The summed E-state index contributed by atoms with van der Waals surface area (Å²) in [5.41, 5.74) is 0. The molecule has 0 spiro atoms. The average Bonchev–Trinajstić information content (AvgIpc) is 0.722. The molecule has 0 aliphatic carbocycles. The van der Waals surface area contributed by atoms with E-state index in [4.69, 9.17) is 19.2 Å². The van der Waals surface area contributed by atoms with Crippen LogP contribution in [0.1, 0.15) is 0 Å². The maximum atomic E-state index is 8.55. The first-order valence-corrected chi connectivity index (χ1v) is 2.19. The van der Waals surface area contributed by atoms with E-state index in [9.17, 15) is 0 Å². The number of hydrogen-bond acceptors (Lipinski definition) is 4. The van der Waals surface area contributed by atoms with Gasteiger partial charge in [-0.25, -0.2) is 0 Å². The largest absolute Gasteiger partial charge is 2.00 e. The van der Waals surface area contributed by atoms with Gasteiger partial charge in [0, 0.05) is 0 Å². The molecule has 1 radical (unpaired) electrons. The van der Waals surface area contributed by atoms with E-state index < -0.39 is 7.82 Å². The van der Waals surface area contributed by atoms with Crippen molar-refractivity contribution in [2.24, 2.45) is 0 Å². The second kappa shape index (κ2) is 4.80. The zero-order valence-corrected chi connectivity index (χ0v) is 5.82. The third-order valence-electron chi connectivity index (χ3n) is 0. The Morgan fingerprint density at radius 1 is 1.14 bits per heavy atom. The first kappa shape index (κ1) is 15.6. The van der Waals surface area contributed by atoms with Crippen LogP contribution in [0.3, 0.4) is 0 Å². The minimum Gasteiger partial charge on any atom is -0.822 e. The van der Waals surface area contributed by atoms with Crippen molar-refractivity contribution in [1.82, 2.24) is 6.15 Å². The van der Waals surface area contributed by atoms with E-state index in [1.54, 1.807) is 0 Å². The van der Waals surface area contributed by atoms with Gasteiger partial charge in [0.1, 0.15) is 0 Å². The van der Waals surface area contributed by atoms with Gasteiger partial charge in [0.15, 0.2) is 0 Å². The summed E-state index contributed by atoms with van der Waals surface area (Å²) in [6.45, 7) is 0. The molecule has 0 heterocycles. The standard InChI is InChI=1S/H3N.H3O4P.V/c;1-5(2,3)4;/h1H3;(H3,1,2,3,4);/q;;+2/p-2. The van der Waals surface area contributed by atoms with Crippen LogP contribution < -0.4 is 20.8 Å². The van der Waals surface area contributed by atoms with E-state index in [0.717, 1.165) is 0 Å². The maximum absolute atomic E-state index is 8.55. The molecule has 0 amide bonds. The molecule has 5 nitrogen and oxygen atoms in total. The van der Waals surface area contributed by atoms with Gasteiger partial charge in [0.25, 0.3) is 0 Å². The Hall–Kier alpha value is 0.654. The summed E-state index contributed by atoms with van der Waals surface area (Å²) in [4.78, 5) is 25.6. The van der Waals surface area contributed by atoms with Gasteiger partial charge in [-0.2, -0.15) is 7.82 Å². The van der Waals surface area contributed by atoms with Gasteiger partial charge in [0.2, 0.25) is 0 Å². The topological polar surface area (TPSA) is 123 Å². The Kier molecular flexibility index (Phi) is 10.7. The second-order valence-corrected chi connectivity index (χ2v) is 1.34. The van der Waals surface area contributed by atoms with Crippen molar-refractivity contribution in [3.8, 4) is 0 Å². The van der Waals surface area contributed by atoms with E-state index in [1.165, 1.54) is 0 Å². The van der Waals surface area contributed by atoms with Crippen LogP contribution in [-0.4, -0.2) is 0 Å². The molecular formula is H4NO4PV. The summed E-state index contributed by atoms with van der Waals surface area (Å²) >= 11 is 0. The normalized spacial score (nSPS) is 8.43. The smallest absolute Gasteiger partial charge is 0.822 e. The average molecular weight is 164 g/mol. The van der Waals surface area contributed by atoms with Crippen molar-refractivity contribution in [1.29, 1.82) is 0 Å². The molecule has 43 valence electrons. The Labute approximate surface area is 52.5 Å². The number of rotatable bonds is 0.